The van der Waals surface area contributed by atoms with Crippen molar-refractivity contribution in [2.24, 2.45) is 5.92 Å². The molecule has 19 heavy (non-hydrogen) atoms. The Balaban J connectivity index is 1.97. The van der Waals surface area contributed by atoms with Gasteiger partial charge in [0.1, 0.15) is 0 Å². The Kier molecular flexibility index (Phi) is 4.47. The van der Waals surface area contributed by atoms with Gasteiger partial charge in [0.05, 0.1) is 12.9 Å². The number of hydrogen-bond acceptors (Lipinski definition) is 5. The van der Waals surface area contributed by atoms with Gasteiger partial charge in [0.25, 0.3) is 0 Å². The third kappa shape index (κ3) is 3.09. The monoisotopic (exact) mass is 290 g/mol. The fraction of sp³-hybridized carbons (Fsp3) is 0.917. The number of carbonyl (C=O) groups excluding carboxylic acids is 1. The number of carbonyl (C=O) groups is 1. The molecule has 0 saturated carbocycles. The number of esters is 1. The standard InChI is InChI=1S/C12H22N2O4S/c1-9-6-10-7-13-8-11(10)14(9)19(16,17)5-3-4-12(15)18-2/h9-11,13H,3-8H2,1-2H3. The van der Waals surface area contributed by atoms with Crippen LogP contribution >= 0.6 is 0 Å². The summed E-state index contributed by atoms with van der Waals surface area (Å²) in [6.07, 6.45) is 1.40. The van der Waals surface area contributed by atoms with Crippen LogP contribution in [0, 0.1) is 5.92 Å². The number of ether oxygens (including phenoxy) is 1. The van der Waals surface area contributed by atoms with Crippen LogP contribution in [0.3, 0.4) is 0 Å². The van der Waals surface area contributed by atoms with E-state index in [9.17, 15) is 13.2 Å². The van der Waals surface area contributed by atoms with E-state index in [-0.39, 0.29) is 30.2 Å². The predicted octanol–water partition coefficient (Wildman–Crippen LogP) is -0.0484. The number of nitrogens with zero attached hydrogens (tertiary/aromatic N) is 1. The van der Waals surface area contributed by atoms with Crippen molar-refractivity contribution in [2.45, 2.75) is 38.3 Å². The van der Waals surface area contributed by atoms with E-state index in [0.29, 0.717) is 12.3 Å². The third-order valence-electron chi connectivity index (χ3n) is 4.04. The number of hydrogen-bond donors (Lipinski definition) is 1. The number of methoxy groups -OCH3 is 1. The molecule has 2 rings (SSSR count). The van der Waals surface area contributed by atoms with E-state index in [1.54, 1.807) is 4.31 Å². The Hall–Kier alpha value is -0.660. The van der Waals surface area contributed by atoms with Crippen molar-refractivity contribution in [3.63, 3.8) is 0 Å². The molecule has 7 heteroatoms. The molecule has 0 amide bonds. The number of nitrogens with one attached hydrogen (secondary N) is 1. The Morgan fingerprint density at radius 2 is 2.16 bits per heavy atom. The summed E-state index contributed by atoms with van der Waals surface area (Å²) in [5.41, 5.74) is 0. The summed E-state index contributed by atoms with van der Waals surface area (Å²) in [5.74, 6) is 0.103. The molecular weight excluding hydrogens is 268 g/mol. The molecule has 2 heterocycles. The molecule has 2 fully saturated rings. The zero-order chi connectivity index (χ0) is 14.0. The summed E-state index contributed by atoms with van der Waals surface area (Å²) in [6, 6.07) is 0.165. The van der Waals surface area contributed by atoms with Crippen LogP contribution in [0.25, 0.3) is 0 Å². The molecular formula is C12H22N2O4S. The zero-order valence-corrected chi connectivity index (χ0v) is 12.3. The molecule has 2 aliphatic heterocycles. The first-order valence-electron chi connectivity index (χ1n) is 6.74. The Morgan fingerprint density at radius 1 is 1.42 bits per heavy atom. The lowest BCUT2D eigenvalue weighted by molar-refractivity contribution is -0.140. The summed E-state index contributed by atoms with van der Waals surface area (Å²) < 4.78 is 31.0. The van der Waals surface area contributed by atoms with Crippen molar-refractivity contribution < 1.29 is 17.9 Å². The quantitative estimate of drug-likeness (QED) is 0.719. The van der Waals surface area contributed by atoms with E-state index in [0.717, 1.165) is 19.5 Å². The first-order valence-corrected chi connectivity index (χ1v) is 8.35. The van der Waals surface area contributed by atoms with Gasteiger partial charge in [0, 0.05) is 25.0 Å². The second-order valence-electron chi connectivity index (χ2n) is 5.40. The van der Waals surface area contributed by atoms with Gasteiger partial charge < -0.3 is 10.1 Å². The summed E-state index contributed by atoms with van der Waals surface area (Å²) >= 11 is 0. The van der Waals surface area contributed by atoms with Gasteiger partial charge in [-0.1, -0.05) is 0 Å². The molecule has 3 atom stereocenters. The van der Waals surface area contributed by atoms with Crippen LogP contribution in [0.5, 0.6) is 0 Å². The average Bonchev–Trinajstić information content (AvgIpc) is 2.87. The fourth-order valence-electron chi connectivity index (χ4n) is 3.21. The normalized spacial score (nSPS) is 31.4. The minimum Gasteiger partial charge on any atom is -0.469 e. The largest absolute Gasteiger partial charge is 0.469 e. The third-order valence-corrected chi connectivity index (χ3v) is 6.12. The van der Waals surface area contributed by atoms with Crippen molar-refractivity contribution in [3.8, 4) is 0 Å². The van der Waals surface area contributed by atoms with Crippen LogP contribution in [-0.2, 0) is 19.6 Å². The van der Waals surface area contributed by atoms with Gasteiger partial charge in [-0.15, -0.1) is 0 Å². The Labute approximate surface area is 114 Å². The van der Waals surface area contributed by atoms with Crippen molar-refractivity contribution in [1.82, 2.24) is 9.62 Å². The molecule has 0 bridgehead atoms. The van der Waals surface area contributed by atoms with Gasteiger partial charge in [-0.2, -0.15) is 4.31 Å². The van der Waals surface area contributed by atoms with Crippen LogP contribution in [0.4, 0.5) is 0 Å². The molecule has 0 aliphatic carbocycles. The van der Waals surface area contributed by atoms with E-state index in [1.165, 1.54) is 7.11 Å². The summed E-state index contributed by atoms with van der Waals surface area (Å²) in [4.78, 5) is 11.0. The Bertz CT molecular complexity index is 437. The highest BCUT2D eigenvalue weighted by Crippen LogP contribution is 2.34. The van der Waals surface area contributed by atoms with Gasteiger partial charge >= 0.3 is 5.97 Å². The van der Waals surface area contributed by atoms with Crippen molar-refractivity contribution >= 4 is 16.0 Å². The zero-order valence-electron chi connectivity index (χ0n) is 11.5. The minimum absolute atomic E-state index is 0.0235. The SMILES string of the molecule is COC(=O)CCCS(=O)(=O)N1C(C)CC2CNCC21. The van der Waals surface area contributed by atoms with E-state index < -0.39 is 10.0 Å². The summed E-state index contributed by atoms with van der Waals surface area (Å²) in [6.45, 7) is 3.62. The van der Waals surface area contributed by atoms with Gasteiger partial charge in [-0.3, -0.25) is 4.79 Å². The van der Waals surface area contributed by atoms with E-state index in [2.05, 4.69) is 10.1 Å². The molecule has 2 aliphatic rings. The van der Waals surface area contributed by atoms with Gasteiger partial charge in [-0.25, -0.2) is 8.42 Å². The topological polar surface area (TPSA) is 75.7 Å². The van der Waals surface area contributed by atoms with E-state index >= 15 is 0 Å². The average molecular weight is 290 g/mol. The first kappa shape index (κ1) is 14.7. The number of fused-ring (bicyclic) bond motifs is 1. The molecule has 2 saturated heterocycles. The van der Waals surface area contributed by atoms with Crippen molar-refractivity contribution in [3.05, 3.63) is 0 Å². The lowest BCUT2D eigenvalue weighted by atomic mass is 10.0. The number of sulfonamides is 1. The summed E-state index contributed by atoms with van der Waals surface area (Å²) in [7, 11) is -1.97. The maximum atomic E-state index is 12.4. The predicted molar refractivity (Wildman–Crippen MR) is 71.1 cm³/mol. The maximum Gasteiger partial charge on any atom is 0.305 e. The lowest BCUT2D eigenvalue weighted by Gasteiger charge is -2.26. The summed E-state index contributed by atoms with van der Waals surface area (Å²) in [5, 5.41) is 3.25. The molecule has 0 aromatic rings. The fourth-order valence-corrected chi connectivity index (χ4v) is 5.23. The molecule has 3 unspecified atom stereocenters. The van der Waals surface area contributed by atoms with Gasteiger partial charge in [0.15, 0.2) is 0 Å². The molecule has 0 radical (unpaired) electrons. The van der Waals surface area contributed by atoms with E-state index in [1.807, 2.05) is 6.92 Å². The van der Waals surface area contributed by atoms with Crippen LogP contribution in [0.1, 0.15) is 26.2 Å². The minimum atomic E-state index is -3.28. The highest BCUT2D eigenvalue weighted by Gasteiger charge is 2.46. The molecule has 6 nitrogen and oxygen atoms in total. The van der Waals surface area contributed by atoms with Crippen molar-refractivity contribution in [1.29, 1.82) is 0 Å². The Morgan fingerprint density at radius 3 is 2.84 bits per heavy atom. The van der Waals surface area contributed by atoms with E-state index in [4.69, 9.17) is 0 Å². The molecule has 0 aromatic carbocycles. The number of rotatable bonds is 5. The van der Waals surface area contributed by atoms with Crippen LogP contribution in [0.2, 0.25) is 0 Å². The van der Waals surface area contributed by atoms with Crippen LogP contribution < -0.4 is 5.32 Å². The van der Waals surface area contributed by atoms with Crippen molar-refractivity contribution in [2.75, 3.05) is 26.0 Å². The second kappa shape index (κ2) is 5.76. The van der Waals surface area contributed by atoms with Crippen LogP contribution in [0.15, 0.2) is 0 Å². The highest BCUT2D eigenvalue weighted by atomic mass is 32.2. The van der Waals surface area contributed by atoms with Gasteiger partial charge in [-0.05, 0) is 32.2 Å². The molecule has 0 aromatic heterocycles. The lowest BCUT2D eigenvalue weighted by Crippen LogP contribution is -2.43. The molecule has 1 N–H and O–H groups in total. The molecule has 0 spiro atoms. The molecule has 110 valence electrons. The maximum absolute atomic E-state index is 12.4. The van der Waals surface area contributed by atoms with Gasteiger partial charge in [0.2, 0.25) is 10.0 Å². The smallest absolute Gasteiger partial charge is 0.305 e. The highest BCUT2D eigenvalue weighted by molar-refractivity contribution is 7.89. The van der Waals surface area contributed by atoms with Crippen LogP contribution in [-0.4, -0.2) is 56.7 Å². The second-order valence-corrected chi connectivity index (χ2v) is 7.39. The first-order chi connectivity index (χ1) is 8.95.